The van der Waals surface area contributed by atoms with Gasteiger partial charge in [0.15, 0.2) is 11.7 Å². The van der Waals surface area contributed by atoms with Gasteiger partial charge in [-0.2, -0.15) is 0 Å². The van der Waals surface area contributed by atoms with Gasteiger partial charge in [0.1, 0.15) is 16.7 Å². The third-order valence-corrected chi connectivity index (χ3v) is 2.70. The molecule has 3 N–H and O–H groups in total. The maximum absolute atomic E-state index is 11.7. The Morgan fingerprint density at radius 2 is 2.26 bits per heavy atom. The van der Waals surface area contributed by atoms with Gasteiger partial charge >= 0.3 is 5.88 Å². The van der Waals surface area contributed by atoms with Crippen LogP contribution in [0.5, 0.6) is 0 Å². The standard InChI is InChI=1S/C11H12N4O4/c1-5-9(6(2)16)10(14-11(12)13-5)7-3-4-8(19-7)15(17)18/h3-4,10H,1-2H3,(H3,12,13,14)/t10-/m1/s1. The van der Waals surface area contributed by atoms with E-state index in [-0.39, 0.29) is 17.5 Å². The molecule has 100 valence electrons. The van der Waals surface area contributed by atoms with Gasteiger partial charge in [0.05, 0.1) is 6.07 Å². The molecule has 0 bridgehead atoms. The second-order valence-corrected chi connectivity index (χ2v) is 4.07. The number of rotatable bonds is 3. The molecule has 0 radical (unpaired) electrons. The molecule has 8 heteroatoms. The molecule has 0 unspecified atom stereocenters. The number of carbonyl (C=O) groups is 1. The van der Waals surface area contributed by atoms with Crippen LogP contribution in [0.25, 0.3) is 0 Å². The summed E-state index contributed by atoms with van der Waals surface area (Å²) >= 11 is 0. The van der Waals surface area contributed by atoms with Crippen molar-refractivity contribution < 1.29 is 14.1 Å². The summed E-state index contributed by atoms with van der Waals surface area (Å²) in [5.74, 6) is -0.264. The molecule has 1 aromatic rings. The topological polar surface area (TPSA) is 124 Å². The van der Waals surface area contributed by atoms with Gasteiger partial charge in [-0.05, 0) is 19.9 Å². The number of furan rings is 1. The first kappa shape index (κ1) is 12.8. The molecular formula is C11H12N4O4. The molecule has 1 aliphatic heterocycles. The predicted octanol–water partition coefficient (Wildman–Crippen LogP) is 1.01. The van der Waals surface area contributed by atoms with Crippen molar-refractivity contribution in [3.63, 3.8) is 0 Å². The van der Waals surface area contributed by atoms with E-state index < -0.39 is 16.8 Å². The van der Waals surface area contributed by atoms with Gasteiger partial charge in [0, 0.05) is 11.3 Å². The Kier molecular flexibility index (Phi) is 3.07. The van der Waals surface area contributed by atoms with E-state index in [2.05, 4.69) is 10.3 Å². The molecule has 1 aliphatic rings. The van der Waals surface area contributed by atoms with Crippen LogP contribution in [0.3, 0.4) is 0 Å². The highest BCUT2D eigenvalue weighted by Crippen LogP contribution is 2.33. The summed E-state index contributed by atoms with van der Waals surface area (Å²) in [7, 11) is 0. The Bertz CT molecular complexity index is 614. The maximum Gasteiger partial charge on any atom is 0.433 e. The number of nitrogens with two attached hydrogens (primary N) is 1. The van der Waals surface area contributed by atoms with Crippen LogP contribution in [0.15, 0.2) is 32.8 Å². The Morgan fingerprint density at radius 3 is 2.79 bits per heavy atom. The number of nitro groups is 1. The molecule has 19 heavy (non-hydrogen) atoms. The van der Waals surface area contributed by atoms with Gasteiger partial charge in [-0.1, -0.05) is 0 Å². The van der Waals surface area contributed by atoms with Crippen molar-refractivity contribution in [2.24, 2.45) is 10.7 Å². The third-order valence-electron chi connectivity index (χ3n) is 2.70. The van der Waals surface area contributed by atoms with Gasteiger partial charge in [-0.3, -0.25) is 14.9 Å². The van der Waals surface area contributed by atoms with Gasteiger partial charge < -0.3 is 15.5 Å². The first-order valence-electron chi connectivity index (χ1n) is 5.46. The van der Waals surface area contributed by atoms with Crippen molar-refractivity contribution in [3.05, 3.63) is 39.3 Å². The summed E-state index contributed by atoms with van der Waals surface area (Å²) in [5, 5.41) is 13.4. The lowest BCUT2D eigenvalue weighted by atomic mass is 9.98. The zero-order valence-electron chi connectivity index (χ0n) is 10.3. The molecule has 0 aliphatic carbocycles. The highest BCUT2D eigenvalue weighted by molar-refractivity contribution is 5.98. The Labute approximate surface area is 108 Å². The largest absolute Gasteiger partial charge is 0.433 e. The highest BCUT2D eigenvalue weighted by Gasteiger charge is 2.30. The molecule has 2 heterocycles. The van der Waals surface area contributed by atoms with Crippen LogP contribution in [0.4, 0.5) is 5.88 Å². The Balaban J connectivity index is 2.47. The summed E-state index contributed by atoms with van der Waals surface area (Å²) < 4.78 is 5.09. The number of allylic oxidation sites excluding steroid dienone is 1. The van der Waals surface area contributed by atoms with E-state index in [1.807, 2.05) is 0 Å². The number of nitrogens with zero attached hydrogens (tertiary/aromatic N) is 2. The fourth-order valence-corrected chi connectivity index (χ4v) is 1.95. The normalized spacial score (nSPS) is 18.8. The number of hydrogen-bond donors (Lipinski definition) is 2. The molecule has 1 atom stereocenters. The number of ketones is 1. The average Bonchev–Trinajstić information content (AvgIpc) is 2.76. The van der Waals surface area contributed by atoms with Gasteiger partial charge in [0.25, 0.3) is 0 Å². The molecule has 8 nitrogen and oxygen atoms in total. The average molecular weight is 264 g/mol. The van der Waals surface area contributed by atoms with Gasteiger partial charge in [-0.15, -0.1) is 0 Å². The highest BCUT2D eigenvalue weighted by atomic mass is 16.6. The smallest absolute Gasteiger partial charge is 0.403 e. The zero-order valence-corrected chi connectivity index (χ0v) is 10.3. The summed E-state index contributed by atoms with van der Waals surface area (Å²) in [4.78, 5) is 25.7. The summed E-state index contributed by atoms with van der Waals surface area (Å²) in [6.07, 6.45) is 0. The maximum atomic E-state index is 11.7. The lowest BCUT2D eigenvalue weighted by Crippen LogP contribution is -2.36. The first-order valence-corrected chi connectivity index (χ1v) is 5.46. The summed E-state index contributed by atoms with van der Waals surface area (Å²) in [6, 6.07) is 1.88. The van der Waals surface area contributed by atoms with Crippen LogP contribution < -0.4 is 11.1 Å². The van der Waals surface area contributed by atoms with Crippen molar-refractivity contribution in [2.75, 3.05) is 0 Å². The molecule has 2 rings (SSSR count). The molecule has 0 saturated carbocycles. The lowest BCUT2D eigenvalue weighted by molar-refractivity contribution is -0.402. The molecule has 1 aromatic heterocycles. The molecular weight excluding hydrogens is 252 g/mol. The van der Waals surface area contributed by atoms with E-state index in [4.69, 9.17) is 10.2 Å². The van der Waals surface area contributed by atoms with Gasteiger partial charge in [-0.25, -0.2) is 4.99 Å². The van der Waals surface area contributed by atoms with E-state index in [0.29, 0.717) is 11.3 Å². The van der Waals surface area contributed by atoms with Crippen LogP contribution in [0, 0.1) is 10.1 Å². The molecule has 0 saturated heterocycles. The molecule has 0 fully saturated rings. The molecule has 0 aromatic carbocycles. The third kappa shape index (κ3) is 2.32. The van der Waals surface area contributed by atoms with E-state index in [1.54, 1.807) is 6.92 Å². The fourth-order valence-electron chi connectivity index (χ4n) is 1.95. The monoisotopic (exact) mass is 264 g/mol. The minimum atomic E-state index is -0.757. The van der Waals surface area contributed by atoms with Crippen LogP contribution in [0.2, 0.25) is 0 Å². The zero-order chi connectivity index (χ0) is 14.2. The molecule has 0 spiro atoms. The fraction of sp³-hybridized carbons (Fsp3) is 0.273. The second kappa shape index (κ2) is 4.56. The Morgan fingerprint density at radius 1 is 1.58 bits per heavy atom. The number of hydrogen-bond acceptors (Lipinski definition) is 7. The van der Waals surface area contributed by atoms with Crippen molar-refractivity contribution >= 4 is 17.6 Å². The van der Waals surface area contributed by atoms with Crippen LogP contribution in [0.1, 0.15) is 25.6 Å². The van der Waals surface area contributed by atoms with Crippen molar-refractivity contribution in [1.82, 2.24) is 5.32 Å². The SMILES string of the molecule is CC(=O)C1=C(C)NC(N)=N[C@@H]1c1ccc([N+](=O)[O-])o1. The van der Waals surface area contributed by atoms with Crippen molar-refractivity contribution in [1.29, 1.82) is 0 Å². The van der Waals surface area contributed by atoms with E-state index in [1.165, 1.54) is 19.1 Å². The first-order chi connectivity index (χ1) is 8.90. The van der Waals surface area contributed by atoms with Crippen LogP contribution in [-0.4, -0.2) is 16.7 Å². The van der Waals surface area contributed by atoms with Crippen molar-refractivity contribution in [3.8, 4) is 0 Å². The van der Waals surface area contributed by atoms with Crippen molar-refractivity contribution in [2.45, 2.75) is 19.9 Å². The van der Waals surface area contributed by atoms with Crippen LogP contribution in [-0.2, 0) is 4.79 Å². The number of guanidine groups is 1. The van der Waals surface area contributed by atoms with Gasteiger partial charge in [0.2, 0.25) is 0 Å². The van der Waals surface area contributed by atoms with Crippen LogP contribution >= 0.6 is 0 Å². The minimum absolute atomic E-state index is 0.131. The number of Topliss-reactive ketones (excluding diaryl/α,β-unsaturated/α-hetero) is 1. The van der Waals surface area contributed by atoms with E-state index in [0.717, 1.165) is 0 Å². The minimum Gasteiger partial charge on any atom is -0.403 e. The lowest BCUT2D eigenvalue weighted by Gasteiger charge is -2.22. The molecule has 0 amide bonds. The summed E-state index contributed by atoms with van der Waals surface area (Å²) in [5.41, 5.74) is 6.53. The quantitative estimate of drug-likeness (QED) is 0.620. The predicted molar refractivity (Wildman–Crippen MR) is 66.2 cm³/mol. The number of nitrogens with one attached hydrogen (secondary N) is 1. The number of carbonyl (C=O) groups excluding carboxylic acids is 1. The number of aliphatic imine (C=N–C) groups is 1. The van der Waals surface area contributed by atoms with E-state index >= 15 is 0 Å². The second-order valence-electron chi connectivity index (χ2n) is 4.07. The summed E-state index contributed by atoms with van der Waals surface area (Å²) in [6.45, 7) is 3.07. The Hall–Kier alpha value is -2.64. The van der Waals surface area contributed by atoms with E-state index in [9.17, 15) is 14.9 Å².